The van der Waals surface area contributed by atoms with Gasteiger partial charge in [-0.2, -0.15) is 0 Å². The molecule has 0 fully saturated rings. The maximum Gasteiger partial charge on any atom is 0.338 e. The number of nitrogens with one attached hydrogen (secondary N) is 3. The number of benzene rings is 3. The molecule has 1 aliphatic rings. The van der Waals surface area contributed by atoms with E-state index >= 15 is 0 Å². The molecule has 214 valence electrons. The topological polar surface area (TPSA) is 118 Å². The van der Waals surface area contributed by atoms with Crippen LogP contribution in [0.3, 0.4) is 0 Å². The molecule has 0 radical (unpaired) electrons. The number of amides is 4. The molecule has 3 aromatic rings. The Labute approximate surface area is 239 Å². The van der Waals surface area contributed by atoms with Crippen LogP contribution in [0.2, 0.25) is 0 Å². The van der Waals surface area contributed by atoms with Crippen molar-refractivity contribution in [3.05, 3.63) is 89.5 Å². The van der Waals surface area contributed by atoms with Crippen LogP contribution in [-0.2, 0) is 9.53 Å². The van der Waals surface area contributed by atoms with Crippen LogP contribution in [0, 0.1) is 0 Å². The first-order chi connectivity index (χ1) is 19.9. The van der Waals surface area contributed by atoms with E-state index in [0.717, 1.165) is 5.56 Å². The smallest absolute Gasteiger partial charge is 0.338 e. The molecule has 10 nitrogen and oxygen atoms in total. The Morgan fingerprint density at radius 1 is 0.927 bits per heavy atom. The van der Waals surface area contributed by atoms with Crippen LogP contribution in [-0.4, -0.2) is 50.3 Å². The summed E-state index contributed by atoms with van der Waals surface area (Å²) in [5.74, 6) is 0.544. The predicted molar refractivity (Wildman–Crippen MR) is 157 cm³/mol. The van der Waals surface area contributed by atoms with Gasteiger partial charge in [0.25, 0.3) is 0 Å². The minimum atomic E-state index is -0.753. The molecule has 1 unspecified atom stereocenters. The SMILES string of the molecule is CCCN1C(=O)NC(c2ccc(NC(=O)Nc3ccc(OC)cc3OC)cc2)C(C(=O)OCC)=C1c1ccccc1. The van der Waals surface area contributed by atoms with Gasteiger partial charge in [0, 0.05) is 18.3 Å². The van der Waals surface area contributed by atoms with Gasteiger partial charge < -0.3 is 30.2 Å². The molecular weight excluding hydrogens is 524 g/mol. The number of methoxy groups -OCH3 is 2. The molecular formula is C31H34N4O6. The number of hydrogen-bond acceptors (Lipinski definition) is 6. The fourth-order valence-corrected chi connectivity index (χ4v) is 4.62. The van der Waals surface area contributed by atoms with Crippen molar-refractivity contribution < 1.29 is 28.6 Å². The number of hydrogen-bond donors (Lipinski definition) is 3. The average Bonchev–Trinajstić information content (AvgIpc) is 2.99. The maximum atomic E-state index is 13.4. The van der Waals surface area contributed by atoms with Gasteiger partial charge in [-0.15, -0.1) is 0 Å². The molecule has 0 spiro atoms. The number of ether oxygens (including phenoxy) is 3. The van der Waals surface area contributed by atoms with Gasteiger partial charge >= 0.3 is 18.0 Å². The molecule has 1 heterocycles. The van der Waals surface area contributed by atoms with Gasteiger partial charge in [-0.25, -0.2) is 14.4 Å². The highest BCUT2D eigenvalue weighted by atomic mass is 16.5. The van der Waals surface area contributed by atoms with Gasteiger partial charge in [-0.05, 0) is 48.7 Å². The number of carbonyl (C=O) groups is 3. The second kappa shape index (κ2) is 13.4. The number of rotatable bonds is 10. The van der Waals surface area contributed by atoms with Crippen molar-refractivity contribution in [2.75, 3.05) is 38.0 Å². The van der Waals surface area contributed by atoms with E-state index in [0.29, 0.717) is 52.7 Å². The van der Waals surface area contributed by atoms with Gasteiger partial charge in [-0.1, -0.05) is 49.4 Å². The predicted octanol–water partition coefficient (Wildman–Crippen LogP) is 5.80. The third-order valence-corrected chi connectivity index (χ3v) is 6.48. The first-order valence-corrected chi connectivity index (χ1v) is 13.3. The lowest BCUT2D eigenvalue weighted by Crippen LogP contribution is -2.48. The molecule has 4 rings (SSSR count). The quantitative estimate of drug-likeness (QED) is 0.271. The summed E-state index contributed by atoms with van der Waals surface area (Å²) in [6.07, 6.45) is 0.704. The highest BCUT2D eigenvalue weighted by Gasteiger charge is 2.38. The van der Waals surface area contributed by atoms with Gasteiger partial charge in [0.15, 0.2) is 0 Å². The Hall–Kier alpha value is -4.99. The second-order valence-electron chi connectivity index (χ2n) is 9.15. The first kappa shape index (κ1) is 29.0. The highest BCUT2D eigenvalue weighted by Crippen LogP contribution is 2.37. The standard InChI is InChI=1S/C31H34N4O6/c1-5-18-35-28(21-10-8-7-9-11-21)26(29(36)41-6-2)27(34-31(35)38)20-12-14-22(15-13-20)32-30(37)33-24-17-16-23(39-3)19-25(24)40-4/h7-17,19,27H,5-6,18H2,1-4H3,(H,34,38)(H2,32,33,37). The molecule has 3 aromatic carbocycles. The molecule has 1 atom stereocenters. The van der Waals surface area contributed by atoms with Crippen LogP contribution in [0.25, 0.3) is 5.70 Å². The van der Waals surface area contributed by atoms with Crippen molar-refractivity contribution in [2.24, 2.45) is 0 Å². The third-order valence-electron chi connectivity index (χ3n) is 6.48. The van der Waals surface area contributed by atoms with E-state index in [1.54, 1.807) is 61.4 Å². The monoisotopic (exact) mass is 558 g/mol. The lowest BCUT2D eigenvalue weighted by atomic mass is 9.91. The zero-order valence-electron chi connectivity index (χ0n) is 23.5. The second-order valence-corrected chi connectivity index (χ2v) is 9.15. The van der Waals surface area contributed by atoms with Crippen molar-refractivity contribution in [2.45, 2.75) is 26.3 Å². The van der Waals surface area contributed by atoms with E-state index in [-0.39, 0.29) is 12.6 Å². The van der Waals surface area contributed by atoms with Gasteiger partial charge in [0.2, 0.25) is 0 Å². The Bertz CT molecular complexity index is 1420. The number of urea groups is 2. The minimum Gasteiger partial charge on any atom is -0.497 e. The zero-order valence-corrected chi connectivity index (χ0v) is 23.5. The fourth-order valence-electron chi connectivity index (χ4n) is 4.62. The van der Waals surface area contributed by atoms with Gasteiger partial charge in [0.05, 0.1) is 43.8 Å². The molecule has 4 amide bonds. The summed E-state index contributed by atoms with van der Waals surface area (Å²) < 4.78 is 16.0. The number of anilines is 2. The lowest BCUT2D eigenvalue weighted by Gasteiger charge is -2.36. The molecule has 1 aliphatic heterocycles. The van der Waals surface area contributed by atoms with Crippen LogP contribution in [0.1, 0.15) is 37.4 Å². The van der Waals surface area contributed by atoms with Crippen molar-refractivity contribution in [3.8, 4) is 11.5 Å². The summed E-state index contributed by atoms with van der Waals surface area (Å²) in [5, 5.41) is 8.52. The van der Waals surface area contributed by atoms with Crippen molar-refractivity contribution in [1.29, 1.82) is 0 Å². The molecule has 0 saturated heterocycles. The zero-order chi connectivity index (χ0) is 29.4. The van der Waals surface area contributed by atoms with Crippen LogP contribution in [0.5, 0.6) is 11.5 Å². The molecule has 3 N–H and O–H groups in total. The van der Waals surface area contributed by atoms with E-state index in [2.05, 4.69) is 16.0 Å². The molecule has 0 aliphatic carbocycles. The fraction of sp³-hybridized carbons (Fsp3) is 0.258. The number of carbonyl (C=O) groups excluding carboxylic acids is 3. The van der Waals surface area contributed by atoms with Crippen LogP contribution >= 0.6 is 0 Å². The lowest BCUT2D eigenvalue weighted by molar-refractivity contribution is -0.138. The summed E-state index contributed by atoms with van der Waals surface area (Å²) in [5.41, 5.74) is 3.26. The van der Waals surface area contributed by atoms with Crippen LogP contribution < -0.4 is 25.4 Å². The van der Waals surface area contributed by atoms with Crippen molar-refractivity contribution in [3.63, 3.8) is 0 Å². The van der Waals surface area contributed by atoms with E-state index in [1.807, 2.05) is 37.3 Å². The summed E-state index contributed by atoms with van der Waals surface area (Å²) in [7, 11) is 3.05. The minimum absolute atomic E-state index is 0.190. The average molecular weight is 559 g/mol. The molecule has 10 heteroatoms. The molecule has 41 heavy (non-hydrogen) atoms. The summed E-state index contributed by atoms with van der Waals surface area (Å²) in [6, 6.07) is 19.8. The molecule has 0 aromatic heterocycles. The van der Waals surface area contributed by atoms with Crippen LogP contribution in [0.4, 0.5) is 21.0 Å². The Kier molecular flexibility index (Phi) is 9.47. The molecule has 0 saturated carbocycles. The Balaban J connectivity index is 1.63. The normalized spacial score (nSPS) is 14.7. The highest BCUT2D eigenvalue weighted by molar-refractivity contribution is 6.05. The van der Waals surface area contributed by atoms with Crippen molar-refractivity contribution in [1.82, 2.24) is 10.2 Å². The first-order valence-electron chi connectivity index (χ1n) is 13.3. The summed E-state index contributed by atoms with van der Waals surface area (Å²) in [4.78, 5) is 41.0. The molecule has 0 bridgehead atoms. The largest absolute Gasteiger partial charge is 0.497 e. The number of esters is 1. The van der Waals surface area contributed by atoms with Gasteiger partial charge in [-0.3, -0.25) is 4.90 Å². The third kappa shape index (κ3) is 6.60. The maximum absolute atomic E-state index is 13.4. The Morgan fingerprint density at radius 3 is 2.29 bits per heavy atom. The summed E-state index contributed by atoms with van der Waals surface area (Å²) in [6.45, 7) is 4.34. The Morgan fingerprint density at radius 2 is 1.66 bits per heavy atom. The van der Waals surface area contributed by atoms with Crippen molar-refractivity contribution >= 4 is 35.1 Å². The van der Waals surface area contributed by atoms with Gasteiger partial charge in [0.1, 0.15) is 11.5 Å². The van der Waals surface area contributed by atoms with E-state index < -0.39 is 18.0 Å². The van der Waals surface area contributed by atoms with Crippen LogP contribution in [0.15, 0.2) is 78.4 Å². The summed E-state index contributed by atoms with van der Waals surface area (Å²) >= 11 is 0. The van der Waals surface area contributed by atoms with E-state index in [9.17, 15) is 14.4 Å². The van der Waals surface area contributed by atoms with E-state index in [1.165, 1.54) is 7.11 Å². The van der Waals surface area contributed by atoms with E-state index in [4.69, 9.17) is 14.2 Å². The number of nitrogens with zero attached hydrogens (tertiary/aromatic N) is 1.